The van der Waals surface area contributed by atoms with Gasteiger partial charge in [-0.15, -0.1) is 0 Å². The summed E-state index contributed by atoms with van der Waals surface area (Å²) in [5.74, 6) is -6.69. The summed E-state index contributed by atoms with van der Waals surface area (Å²) in [6, 6.07) is 0. The number of nitrogens with one attached hydrogen (secondary N) is 1. The van der Waals surface area contributed by atoms with Crippen molar-refractivity contribution in [2.24, 2.45) is 5.92 Å². The first kappa shape index (κ1) is 67.1. The average Bonchev–Trinajstić information content (AvgIpc) is 3.78. The van der Waals surface area contributed by atoms with Crippen LogP contribution < -0.4 is 5.32 Å². The van der Waals surface area contributed by atoms with Crippen LogP contribution >= 0.6 is 0 Å². The SMILES string of the molecule is CCCCCCCCCCCC(=O)OC[C@H]1O[C@](O)(NC(=O)CC2CCCC2=O)[C@H](OC(=O)CCCCCCCCCCC)[C@@H](OC(=O)CCCCCCCCCCC)[C@H]1OC(=O)CCCCCCCCCCC. The smallest absolute Gasteiger partial charge is 0.306 e. The lowest BCUT2D eigenvalue weighted by Gasteiger charge is -2.48. The number of ether oxygens (including phenoxy) is 5. The molecule has 1 aliphatic heterocycles. The van der Waals surface area contributed by atoms with Gasteiger partial charge in [0.25, 0.3) is 5.91 Å². The van der Waals surface area contributed by atoms with Crippen LogP contribution in [0.4, 0.5) is 0 Å². The Morgan fingerprint density at radius 2 is 0.824 bits per heavy atom. The topological polar surface area (TPSA) is 181 Å². The summed E-state index contributed by atoms with van der Waals surface area (Å²) < 4.78 is 30.5. The van der Waals surface area contributed by atoms with Crippen molar-refractivity contribution >= 4 is 35.6 Å². The van der Waals surface area contributed by atoms with Gasteiger partial charge in [0.2, 0.25) is 12.0 Å². The zero-order chi connectivity index (χ0) is 53.9. The molecule has 1 amide bonds. The Bertz CT molecular complexity index is 1490. The van der Waals surface area contributed by atoms with E-state index >= 15 is 0 Å². The van der Waals surface area contributed by atoms with E-state index in [9.17, 15) is 33.9 Å². The van der Waals surface area contributed by atoms with Gasteiger partial charge >= 0.3 is 23.9 Å². The molecule has 1 saturated carbocycles. The van der Waals surface area contributed by atoms with Crippen LogP contribution in [0, 0.1) is 5.92 Å². The van der Waals surface area contributed by atoms with E-state index in [0.29, 0.717) is 44.9 Å². The largest absolute Gasteiger partial charge is 0.463 e. The lowest BCUT2D eigenvalue weighted by molar-refractivity contribution is -0.360. The Kier molecular flexibility index (Phi) is 39.8. The Morgan fingerprint density at radius 3 is 1.19 bits per heavy atom. The molecule has 1 saturated heterocycles. The molecule has 74 heavy (non-hydrogen) atoms. The first-order valence-electron chi connectivity index (χ1n) is 31.0. The maximum atomic E-state index is 14.0. The summed E-state index contributed by atoms with van der Waals surface area (Å²) in [4.78, 5) is 81.6. The molecule has 1 heterocycles. The monoisotopic (exact) mass is 1050 g/mol. The third kappa shape index (κ3) is 31.9. The standard InChI is InChI=1S/C61H109NO12/c1-5-9-13-17-21-25-29-33-37-44-54(65)70-49-52-58(71-55(66)45-38-34-30-26-22-18-14-10-6-2)59(72-56(67)46-39-35-31-27-23-19-15-11-7-3)60(73-57(68)47-40-36-32-28-24-20-16-12-8-4)61(69,74-52)62-53(64)48-50-42-41-43-51(50)63/h50,52,58-60,69H,5-49H2,1-4H3,(H,62,64)/t50?,52-,58+,59+,60-,61+/m1/s1. The molecule has 0 bridgehead atoms. The molecule has 0 aromatic rings. The number of carbonyl (C=O) groups excluding carboxylic acids is 6. The lowest BCUT2D eigenvalue weighted by atomic mass is 9.94. The Balaban J connectivity index is 2.42. The van der Waals surface area contributed by atoms with E-state index < -0.39 is 72.6 Å². The third-order valence-electron chi connectivity index (χ3n) is 15.0. The second-order valence-electron chi connectivity index (χ2n) is 22.0. The average molecular weight is 1050 g/mol. The van der Waals surface area contributed by atoms with Gasteiger partial charge in [-0.2, -0.15) is 0 Å². The van der Waals surface area contributed by atoms with Gasteiger partial charge in [-0.05, 0) is 38.5 Å². The summed E-state index contributed by atoms with van der Waals surface area (Å²) in [7, 11) is 0. The quantitative estimate of drug-likeness (QED) is 0.0255. The molecule has 13 heteroatoms. The van der Waals surface area contributed by atoms with Gasteiger partial charge < -0.3 is 34.1 Å². The zero-order valence-electron chi connectivity index (χ0n) is 47.6. The molecule has 430 valence electrons. The van der Waals surface area contributed by atoms with Crippen molar-refractivity contribution in [1.29, 1.82) is 0 Å². The minimum atomic E-state index is -2.83. The predicted octanol–water partition coefficient (Wildman–Crippen LogP) is 14.9. The van der Waals surface area contributed by atoms with Gasteiger partial charge in [0, 0.05) is 44.4 Å². The molecule has 0 aromatic carbocycles. The van der Waals surface area contributed by atoms with Gasteiger partial charge in [0.1, 0.15) is 18.5 Å². The molecule has 0 aromatic heterocycles. The number of unbranched alkanes of at least 4 members (excludes halogenated alkanes) is 32. The molecule has 6 atom stereocenters. The summed E-state index contributed by atoms with van der Waals surface area (Å²) in [5.41, 5.74) is 0. The van der Waals surface area contributed by atoms with Crippen LogP contribution in [0.2, 0.25) is 0 Å². The summed E-state index contributed by atoms with van der Waals surface area (Å²) >= 11 is 0. The van der Waals surface area contributed by atoms with Crippen molar-refractivity contribution in [3.05, 3.63) is 0 Å². The number of amides is 1. The van der Waals surface area contributed by atoms with Crippen LogP contribution in [0.25, 0.3) is 0 Å². The lowest BCUT2D eigenvalue weighted by Crippen LogP contribution is -2.73. The third-order valence-corrected chi connectivity index (χ3v) is 15.0. The van der Waals surface area contributed by atoms with Gasteiger partial charge in [-0.1, -0.05) is 233 Å². The first-order valence-corrected chi connectivity index (χ1v) is 31.0. The normalized spacial score (nSPS) is 20.6. The Labute approximate surface area is 450 Å². The fourth-order valence-electron chi connectivity index (χ4n) is 10.4. The number of aliphatic hydroxyl groups is 1. The van der Waals surface area contributed by atoms with Gasteiger partial charge in [-0.3, -0.25) is 28.8 Å². The molecular formula is C61H109NO12. The van der Waals surface area contributed by atoms with Crippen molar-refractivity contribution in [2.45, 2.75) is 341 Å². The fourth-order valence-corrected chi connectivity index (χ4v) is 10.4. The first-order chi connectivity index (χ1) is 36.0. The molecule has 2 fully saturated rings. The van der Waals surface area contributed by atoms with Gasteiger partial charge in [0.05, 0.1) is 0 Å². The summed E-state index contributed by atoms with van der Waals surface area (Å²) in [6.07, 6.45) is 32.5. The van der Waals surface area contributed by atoms with E-state index in [1.54, 1.807) is 0 Å². The number of rotatable bonds is 48. The minimum Gasteiger partial charge on any atom is -0.463 e. The van der Waals surface area contributed by atoms with E-state index in [1.165, 1.54) is 109 Å². The maximum Gasteiger partial charge on any atom is 0.306 e. The molecule has 2 aliphatic rings. The molecule has 2 rings (SSSR count). The van der Waals surface area contributed by atoms with Crippen molar-refractivity contribution in [3.8, 4) is 0 Å². The van der Waals surface area contributed by atoms with Crippen molar-refractivity contribution < 1.29 is 57.6 Å². The number of carbonyl (C=O) groups is 6. The molecule has 1 aliphatic carbocycles. The fraction of sp³-hybridized carbons (Fsp3) is 0.902. The van der Waals surface area contributed by atoms with E-state index in [-0.39, 0.29) is 37.9 Å². The zero-order valence-corrected chi connectivity index (χ0v) is 47.6. The molecule has 0 radical (unpaired) electrons. The van der Waals surface area contributed by atoms with Crippen LogP contribution in [-0.4, -0.2) is 77.6 Å². The molecule has 13 nitrogen and oxygen atoms in total. The van der Waals surface area contributed by atoms with Crippen LogP contribution in [0.3, 0.4) is 0 Å². The second kappa shape index (κ2) is 44.0. The number of ketones is 1. The van der Waals surface area contributed by atoms with Crippen molar-refractivity contribution in [3.63, 3.8) is 0 Å². The summed E-state index contributed by atoms with van der Waals surface area (Å²) in [5, 5.41) is 15.2. The van der Waals surface area contributed by atoms with Crippen LogP contribution in [0.1, 0.15) is 310 Å². The van der Waals surface area contributed by atoms with Crippen LogP contribution in [0.15, 0.2) is 0 Å². The van der Waals surface area contributed by atoms with Crippen LogP contribution in [-0.2, 0) is 52.5 Å². The Hall–Kier alpha value is -3.06. The van der Waals surface area contributed by atoms with E-state index in [0.717, 1.165) is 96.3 Å². The highest BCUT2D eigenvalue weighted by atomic mass is 16.7. The number of hydrogen-bond acceptors (Lipinski definition) is 12. The van der Waals surface area contributed by atoms with Crippen LogP contribution in [0.5, 0.6) is 0 Å². The highest BCUT2D eigenvalue weighted by Gasteiger charge is 2.61. The number of hydrogen-bond donors (Lipinski definition) is 2. The van der Waals surface area contributed by atoms with Gasteiger partial charge in [0.15, 0.2) is 12.2 Å². The number of Topliss-reactive ketones (excluding diaryl/α,β-unsaturated/α-hetero) is 1. The minimum absolute atomic E-state index is 0.0123. The molecule has 0 spiro atoms. The molecular weight excluding hydrogens is 939 g/mol. The van der Waals surface area contributed by atoms with Gasteiger partial charge in [-0.25, -0.2) is 0 Å². The highest BCUT2D eigenvalue weighted by Crippen LogP contribution is 2.35. The van der Waals surface area contributed by atoms with E-state index in [2.05, 4.69) is 33.0 Å². The number of esters is 4. The highest BCUT2D eigenvalue weighted by molar-refractivity contribution is 5.88. The molecule has 1 unspecified atom stereocenters. The summed E-state index contributed by atoms with van der Waals surface area (Å²) in [6.45, 7) is 8.27. The van der Waals surface area contributed by atoms with Crippen molar-refractivity contribution in [1.82, 2.24) is 5.32 Å². The second-order valence-corrected chi connectivity index (χ2v) is 22.0. The van der Waals surface area contributed by atoms with E-state index in [1.807, 2.05) is 0 Å². The maximum absolute atomic E-state index is 14.0. The van der Waals surface area contributed by atoms with Crippen molar-refractivity contribution in [2.75, 3.05) is 6.61 Å². The molecule has 2 N–H and O–H groups in total. The Morgan fingerprint density at radius 1 is 0.486 bits per heavy atom. The van der Waals surface area contributed by atoms with E-state index in [4.69, 9.17) is 23.7 Å². The predicted molar refractivity (Wildman–Crippen MR) is 293 cm³/mol.